The summed E-state index contributed by atoms with van der Waals surface area (Å²) in [5, 5.41) is 0.559. The van der Waals surface area contributed by atoms with Gasteiger partial charge in [0.15, 0.2) is 5.71 Å². The highest BCUT2D eigenvalue weighted by molar-refractivity contribution is 7.95. The van der Waals surface area contributed by atoms with E-state index in [1.807, 2.05) is 56.9 Å². The largest absolute Gasteiger partial charge is 0.344 e. The van der Waals surface area contributed by atoms with Gasteiger partial charge in [-0.15, -0.1) is 0 Å². The van der Waals surface area contributed by atoms with Crippen LogP contribution in [0.3, 0.4) is 0 Å². The molecule has 0 radical (unpaired) electrons. The predicted molar refractivity (Wildman–Crippen MR) is 225 cm³/mol. The molecule has 2 aromatic carbocycles. The minimum absolute atomic E-state index is 0.192. The molecular formula is C39H50ClN2O11S4+. The number of hydrogen-bond acceptors (Lipinski definition) is 8. The van der Waals surface area contributed by atoms with Gasteiger partial charge >= 0.3 is 0 Å². The van der Waals surface area contributed by atoms with E-state index in [9.17, 15) is 47.7 Å². The quantitative estimate of drug-likeness (QED) is 0.0616. The van der Waals surface area contributed by atoms with Crippen LogP contribution in [-0.4, -0.2) is 88.4 Å². The number of fused-ring (bicyclic) bond motifs is 2. The Labute approximate surface area is 341 Å². The number of benzene rings is 2. The van der Waals surface area contributed by atoms with Crippen LogP contribution in [0.4, 0.5) is 11.4 Å². The van der Waals surface area contributed by atoms with Crippen LogP contribution < -0.4 is 4.90 Å². The zero-order valence-electron chi connectivity index (χ0n) is 32.3. The van der Waals surface area contributed by atoms with E-state index in [0.717, 1.165) is 40.2 Å². The minimum Gasteiger partial charge on any atom is -0.344 e. The molecule has 2 heterocycles. The second kappa shape index (κ2) is 16.5. The first kappa shape index (κ1) is 45.0. The highest BCUT2D eigenvalue weighted by Crippen LogP contribution is 2.49. The lowest BCUT2D eigenvalue weighted by molar-refractivity contribution is -0.438. The van der Waals surface area contributed by atoms with E-state index in [1.165, 1.54) is 12.1 Å². The summed E-state index contributed by atoms with van der Waals surface area (Å²) in [7, 11) is -16.2. The van der Waals surface area contributed by atoms with E-state index < -0.39 is 56.7 Å². The summed E-state index contributed by atoms with van der Waals surface area (Å²) in [6.07, 6.45) is 11.2. The number of allylic oxidation sites excluding steroid dienone is 8. The van der Waals surface area contributed by atoms with Crippen molar-refractivity contribution in [1.82, 2.24) is 0 Å². The van der Waals surface area contributed by atoms with Crippen LogP contribution in [0.1, 0.15) is 83.8 Å². The fourth-order valence-corrected chi connectivity index (χ4v) is 10.4. The molecule has 0 fully saturated rings. The van der Waals surface area contributed by atoms with Crippen molar-refractivity contribution >= 4 is 74.7 Å². The van der Waals surface area contributed by atoms with Gasteiger partial charge in [0.2, 0.25) is 5.69 Å². The maximum Gasteiger partial charge on any atom is 0.294 e. The molecule has 0 amide bonds. The summed E-state index contributed by atoms with van der Waals surface area (Å²) in [6.45, 7) is 8.66. The second-order valence-electron chi connectivity index (χ2n) is 15.7. The molecule has 3 aliphatic rings. The third-order valence-electron chi connectivity index (χ3n) is 10.8. The Morgan fingerprint density at radius 3 is 2.00 bits per heavy atom. The van der Waals surface area contributed by atoms with Crippen molar-refractivity contribution in [2.75, 3.05) is 29.5 Å². The van der Waals surface area contributed by atoms with Crippen LogP contribution in [0.5, 0.6) is 0 Å². The van der Waals surface area contributed by atoms with Gasteiger partial charge in [-0.3, -0.25) is 13.7 Å². The Bertz CT molecular complexity index is 2570. The fraction of sp³-hybridized carbons (Fsp3) is 0.436. The minimum atomic E-state index is -4.48. The van der Waals surface area contributed by atoms with Gasteiger partial charge in [0, 0.05) is 52.5 Å². The number of unbranched alkanes of at least 4 members (excludes halogenated alkanes) is 2. The average Bonchev–Trinajstić information content (AvgIpc) is 3.43. The van der Waals surface area contributed by atoms with E-state index >= 15 is 0 Å². The molecule has 18 heteroatoms. The van der Waals surface area contributed by atoms with Crippen molar-refractivity contribution < 1.29 is 52.2 Å². The molecule has 4 N–H and O–H groups in total. The predicted octanol–water partition coefficient (Wildman–Crippen LogP) is 7.03. The van der Waals surface area contributed by atoms with Crippen molar-refractivity contribution in [1.29, 1.82) is 0 Å². The van der Waals surface area contributed by atoms with Gasteiger partial charge in [0.05, 0.1) is 26.7 Å². The number of anilines is 1. The van der Waals surface area contributed by atoms with E-state index in [4.69, 9.17) is 11.6 Å². The topological polar surface area (TPSA) is 207 Å². The number of hydrogen-bond donors (Lipinski definition) is 4. The molecule has 13 nitrogen and oxygen atoms in total. The van der Waals surface area contributed by atoms with Crippen molar-refractivity contribution in [3.63, 3.8) is 0 Å². The molecule has 1 unspecified atom stereocenters. The lowest BCUT2D eigenvalue weighted by Crippen LogP contribution is -2.28. The molecule has 1 atom stereocenters. The summed E-state index contributed by atoms with van der Waals surface area (Å²) in [6, 6.07) is 9.40. The van der Waals surface area contributed by atoms with Crippen molar-refractivity contribution in [3.05, 3.63) is 93.7 Å². The average molecular weight is 887 g/mol. The summed E-state index contributed by atoms with van der Waals surface area (Å²) in [5.74, 6) is 2.66. The van der Waals surface area contributed by atoms with Gasteiger partial charge in [-0.1, -0.05) is 37.6 Å². The lowest BCUT2D eigenvalue weighted by atomic mass is 9.81. The fourth-order valence-electron chi connectivity index (χ4n) is 7.83. The van der Waals surface area contributed by atoms with Crippen LogP contribution in [0.2, 0.25) is 0 Å². The van der Waals surface area contributed by atoms with Gasteiger partial charge in [-0.05, 0) is 111 Å². The molecule has 2 aromatic rings. The van der Waals surface area contributed by atoms with Gasteiger partial charge in [0.1, 0.15) is 16.3 Å². The highest BCUT2D eigenvalue weighted by atomic mass is 35.5. The number of halogens is 1. The summed E-state index contributed by atoms with van der Waals surface area (Å²) in [4.78, 5) is 1.94. The SMILES string of the molecule is C=S(=O)(O)c1ccc2c(c1)C(C)(C)C(C=CC1=C(Cl)C(=CC=C3N(CCCCS(=O)(=O)O)c4ccc(S(=O)(=O)O)cc4C3(C)C)CCC1)=[N+]2CCCCS(=O)(=O)O. The third-order valence-corrected chi connectivity index (χ3v) is 14.7. The highest BCUT2D eigenvalue weighted by Gasteiger charge is 2.45. The molecule has 0 bridgehead atoms. The lowest BCUT2D eigenvalue weighted by Gasteiger charge is -2.27. The zero-order valence-corrected chi connectivity index (χ0v) is 36.3. The summed E-state index contributed by atoms with van der Waals surface area (Å²) < 4.78 is 123. The van der Waals surface area contributed by atoms with Crippen LogP contribution >= 0.6 is 11.6 Å². The molecule has 0 spiro atoms. The number of rotatable bonds is 15. The monoisotopic (exact) mass is 885 g/mol. The summed E-state index contributed by atoms with van der Waals surface area (Å²) >= 11 is 7.12. The standard InChI is InChI=1S/C39H49ClN2O11S4/c1-38(2)31-25-29(54(5,43)44)15-17-33(31)41(21-6-8-23-55(45,46)47)35(38)19-13-27-11-10-12-28(37(27)40)14-20-36-39(3,4)32-26-30(57(51,52)53)16-18-34(32)42(36)22-7-9-24-56(48,49)50/h13-20,25-26H,5-12,21-24H2,1-4H3,(H3-,43,44,45,46,47,48,49,50,51,52,53)/p+1. The third kappa shape index (κ3) is 10.4. The molecule has 2 aliphatic heterocycles. The van der Waals surface area contributed by atoms with Gasteiger partial charge < -0.3 is 9.45 Å². The van der Waals surface area contributed by atoms with Crippen molar-refractivity contribution in [2.45, 2.75) is 93.3 Å². The van der Waals surface area contributed by atoms with Crippen LogP contribution in [0.25, 0.3) is 0 Å². The summed E-state index contributed by atoms with van der Waals surface area (Å²) in [5.41, 5.74) is 5.03. The molecule has 312 valence electrons. The van der Waals surface area contributed by atoms with Gasteiger partial charge in [-0.2, -0.15) is 29.8 Å². The van der Waals surface area contributed by atoms with Crippen LogP contribution in [0, 0.1) is 0 Å². The Morgan fingerprint density at radius 2 is 1.39 bits per heavy atom. The Morgan fingerprint density at radius 1 is 0.772 bits per heavy atom. The molecule has 57 heavy (non-hydrogen) atoms. The van der Waals surface area contributed by atoms with Gasteiger partial charge in [-0.25, -0.2) is 4.21 Å². The zero-order chi connectivity index (χ0) is 42.4. The smallest absolute Gasteiger partial charge is 0.294 e. The first-order chi connectivity index (χ1) is 26.2. The maximum absolute atomic E-state index is 12.5. The van der Waals surface area contributed by atoms with Crippen molar-refractivity contribution in [3.8, 4) is 0 Å². The van der Waals surface area contributed by atoms with E-state index in [2.05, 4.69) is 10.4 Å². The molecular weight excluding hydrogens is 836 g/mol. The maximum atomic E-state index is 12.5. The van der Waals surface area contributed by atoms with E-state index in [1.54, 1.807) is 24.3 Å². The normalized spacial score (nSPS) is 20.8. The molecule has 0 aromatic heterocycles. The van der Waals surface area contributed by atoms with E-state index in [0.29, 0.717) is 55.1 Å². The second-order valence-corrected chi connectivity index (χ2v) is 22.4. The molecule has 5 rings (SSSR count). The van der Waals surface area contributed by atoms with E-state index in [-0.39, 0.29) is 28.4 Å². The Kier molecular flexibility index (Phi) is 13.0. The van der Waals surface area contributed by atoms with Gasteiger partial charge in [0.25, 0.3) is 30.4 Å². The van der Waals surface area contributed by atoms with Crippen LogP contribution in [-0.2, 0) is 51.0 Å². The number of nitrogens with zero attached hydrogens (tertiary/aromatic N) is 2. The molecule has 0 saturated carbocycles. The van der Waals surface area contributed by atoms with Crippen molar-refractivity contribution in [2.24, 2.45) is 0 Å². The van der Waals surface area contributed by atoms with Crippen LogP contribution in [0.15, 0.2) is 92.4 Å². The molecule has 0 saturated heterocycles. The Balaban J connectivity index is 1.52. The molecule has 1 aliphatic carbocycles. The first-order valence-corrected chi connectivity index (χ1v) is 25.1. The first-order valence-electron chi connectivity index (χ1n) is 18.4. The Hall–Kier alpha value is -3.13.